The molecule has 4 N–H and O–H groups in total. The SMILES string of the molecule is NCC/C=C/c1ccc(-c2cc(=O)c3c(O)cc(O)cc3o2)cc1. The molecule has 0 aliphatic heterocycles. The second-order valence-corrected chi connectivity index (χ2v) is 5.41. The van der Waals surface area contributed by atoms with Crippen LogP contribution >= 0.6 is 0 Å². The van der Waals surface area contributed by atoms with E-state index in [-0.39, 0.29) is 27.9 Å². The van der Waals surface area contributed by atoms with E-state index in [2.05, 4.69) is 0 Å². The fraction of sp³-hybridized carbons (Fsp3) is 0.105. The van der Waals surface area contributed by atoms with Gasteiger partial charge >= 0.3 is 0 Å². The van der Waals surface area contributed by atoms with Gasteiger partial charge in [-0.05, 0) is 18.5 Å². The zero-order chi connectivity index (χ0) is 17.1. The number of benzene rings is 2. The largest absolute Gasteiger partial charge is 0.508 e. The summed E-state index contributed by atoms with van der Waals surface area (Å²) in [6.07, 6.45) is 4.79. The fourth-order valence-electron chi connectivity index (χ4n) is 2.47. The first kappa shape index (κ1) is 15.8. The van der Waals surface area contributed by atoms with Crippen molar-refractivity contribution in [2.45, 2.75) is 6.42 Å². The third-order valence-corrected chi connectivity index (χ3v) is 3.63. The Hall–Kier alpha value is -3.05. The third-order valence-electron chi connectivity index (χ3n) is 3.63. The van der Waals surface area contributed by atoms with E-state index in [1.807, 2.05) is 36.4 Å². The van der Waals surface area contributed by atoms with E-state index in [0.29, 0.717) is 12.3 Å². The van der Waals surface area contributed by atoms with Gasteiger partial charge in [0, 0.05) is 23.8 Å². The number of phenols is 2. The van der Waals surface area contributed by atoms with Gasteiger partial charge in [-0.2, -0.15) is 0 Å². The molecular weight excluding hydrogens is 306 g/mol. The van der Waals surface area contributed by atoms with Crippen molar-refractivity contribution in [1.29, 1.82) is 0 Å². The summed E-state index contributed by atoms with van der Waals surface area (Å²) in [7, 11) is 0. The molecule has 0 fully saturated rings. The van der Waals surface area contributed by atoms with Gasteiger partial charge in [-0.25, -0.2) is 0 Å². The maximum absolute atomic E-state index is 12.2. The summed E-state index contributed by atoms with van der Waals surface area (Å²) >= 11 is 0. The summed E-state index contributed by atoms with van der Waals surface area (Å²) in [4.78, 5) is 12.2. The van der Waals surface area contributed by atoms with E-state index in [4.69, 9.17) is 10.2 Å². The van der Waals surface area contributed by atoms with E-state index >= 15 is 0 Å². The van der Waals surface area contributed by atoms with Crippen LogP contribution in [0.4, 0.5) is 0 Å². The van der Waals surface area contributed by atoms with Crippen LogP contribution in [-0.4, -0.2) is 16.8 Å². The maximum atomic E-state index is 12.2. The van der Waals surface area contributed by atoms with Gasteiger partial charge in [-0.15, -0.1) is 0 Å². The van der Waals surface area contributed by atoms with E-state index in [0.717, 1.165) is 23.6 Å². The maximum Gasteiger partial charge on any atom is 0.197 e. The van der Waals surface area contributed by atoms with Crippen molar-refractivity contribution in [1.82, 2.24) is 0 Å². The van der Waals surface area contributed by atoms with Gasteiger partial charge in [0.05, 0.1) is 0 Å². The quantitative estimate of drug-likeness (QED) is 0.685. The highest BCUT2D eigenvalue weighted by Crippen LogP contribution is 2.30. The number of hydrogen-bond donors (Lipinski definition) is 3. The minimum Gasteiger partial charge on any atom is -0.508 e. The standard InChI is InChI=1S/C19H17NO4/c20-8-2-1-3-12-4-6-13(7-5-12)17-11-16(23)19-15(22)9-14(21)10-18(19)24-17/h1,3-7,9-11,21-22H,2,8,20H2/b3-1+. The Kier molecular flexibility index (Phi) is 4.35. The Balaban J connectivity index is 2.02. The molecule has 0 atom stereocenters. The molecular formula is C19H17NO4. The average molecular weight is 323 g/mol. The van der Waals surface area contributed by atoms with Crippen LogP contribution in [0.3, 0.4) is 0 Å². The van der Waals surface area contributed by atoms with Crippen LogP contribution < -0.4 is 11.2 Å². The lowest BCUT2D eigenvalue weighted by molar-refractivity contribution is 0.452. The molecule has 0 saturated carbocycles. The highest BCUT2D eigenvalue weighted by atomic mass is 16.3. The summed E-state index contributed by atoms with van der Waals surface area (Å²) in [6.45, 7) is 0.608. The van der Waals surface area contributed by atoms with Crippen molar-refractivity contribution in [3.8, 4) is 22.8 Å². The normalized spacial score (nSPS) is 11.4. The third kappa shape index (κ3) is 3.16. The highest BCUT2D eigenvalue weighted by Gasteiger charge is 2.12. The van der Waals surface area contributed by atoms with Crippen LogP contribution in [0.2, 0.25) is 0 Å². The molecule has 3 aromatic rings. The molecule has 5 nitrogen and oxygen atoms in total. The molecule has 1 heterocycles. The van der Waals surface area contributed by atoms with Crippen molar-refractivity contribution < 1.29 is 14.6 Å². The zero-order valence-electron chi connectivity index (χ0n) is 12.9. The summed E-state index contributed by atoms with van der Waals surface area (Å²) in [5.74, 6) is -0.0960. The van der Waals surface area contributed by atoms with Gasteiger partial charge in [-0.3, -0.25) is 4.79 Å². The molecule has 0 amide bonds. The first-order chi connectivity index (χ1) is 11.6. The second-order valence-electron chi connectivity index (χ2n) is 5.41. The van der Waals surface area contributed by atoms with Gasteiger partial charge in [0.25, 0.3) is 0 Å². The summed E-state index contributed by atoms with van der Waals surface area (Å²) in [5, 5.41) is 19.4. The number of phenolic OH excluding ortho intramolecular Hbond substituents is 2. The molecule has 0 spiro atoms. The molecule has 122 valence electrons. The molecule has 0 radical (unpaired) electrons. The summed E-state index contributed by atoms with van der Waals surface area (Å²) in [5.41, 5.74) is 6.97. The predicted molar refractivity (Wildman–Crippen MR) is 94.0 cm³/mol. The number of nitrogens with two attached hydrogens (primary N) is 1. The van der Waals surface area contributed by atoms with Crippen LogP contribution in [0.5, 0.6) is 11.5 Å². The summed E-state index contributed by atoms with van der Waals surface area (Å²) in [6, 6.07) is 11.3. The lowest BCUT2D eigenvalue weighted by Gasteiger charge is -2.05. The van der Waals surface area contributed by atoms with Gasteiger partial charge in [0.2, 0.25) is 0 Å². The minimum absolute atomic E-state index is 0.0536. The highest BCUT2D eigenvalue weighted by molar-refractivity contribution is 5.86. The molecule has 0 unspecified atom stereocenters. The van der Waals surface area contributed by atoms with Crippen molar-refractivity contribution >= 4 is 17.0 Å². The number of aromatic hydroxyl groups is 2. The van der Waals surface area contributed by atoms with Crippen molar-refractivity contribution in [2.75, 3.05) is 6.54 Å². The molecule has 24 heavy (non-hydrogen) atoms. The molecule has 0 bridgehead atoms. The molecule has 2 aromatic carbocycles. The average Bonchev–Trinajstić information content (AvgIpc) is 2.54. The van der Waals surface area contributed by atoms with Crippen LogP contribution in [0.25, 0.3) is 28.4 Å². The van der Waals surface area contributed by atoms with Gasteiger partial charge in [0.15, 0.2) is 5.43 Å². The van der Waals surface area contributed by atoms with E-state index in [9.17, 15) is 15.0 Å². The lowest BCUT2D eigenvalue weighted by atomic mass is 10.1. The van der Waals surface area contributed by atoms with E-state index in [1.165, 1.54) is 12.1 Å². The Morgan fingerprint density at radius 3 is 2.54 bits per heavy atom. The van der Waals surface area contributed by atoms with Crippen LogP contribution in [0.15, 0.2) is 57.8 Å². The zero-order valence-corrected chi connectivity index (χ0v) is 12.9. The van der Waals surface area contributed by atoms with Gasteiger partial charge in [-0.1, -0.05) is 36.4 Å². The van der Waals surface area contributed by atoms with Gasteiger partial charge < -0.3 is 20.4 Å². The van der Waals surface area contributed by atoms with Crippen LogP contribution in [0, 0.1) is 0 Å². The minimum atomic E-state index is -0.365. The van der Waals surface area contributed by atoms with Crippen LogP contribution in [-0.2, 0) is 0 Å². The fourth-order valence-corrected chi connectivity index (χ4v) is 2.47. The first-order valence-corrected chi connectivity index (χ1v) is 7.55. The van der Waals surface area contributed by atoms with Crippen molar-refractivity contribution in [3.05, 3.63) is 64.3 Å². The van der Waals surface area contributed by atoms with E-state index < -0.39 is 0 Å². The predicted octanol–water partition coefficient (Wildman–Crippen LogP) is 3.23. The molecule has 0 saturated heterocycles. The first-order valence-electron chi connectivity index (χ1n) is 7.55. The number of fused-ring (bicyclic) bond motifs is 1. The smallest absolute Gasteiger partial charge is 0.197 e. The Labute approximate surface area is 138 Å². The van der Waals surface area contributed by atoms with E-state index in [1.54, 1.807) is 0 Å². The second kappa shape index (κ2) is 6.60. The Bertz CT molecular complexity index is 956. The molecule has 5 heteroatoms. The van der Waals surface area contributed by atoms with Gasteiger partial charge in [0.1, 0.15) is 28.2 Å². The number of hydrogen-bond acceptors (Lipinski definition) is 5. The van der Waals surface area contributed by atoms with Crippen molar-refractivity contribution in [3.63, 3.8) is 0 Å². The summed E-state index contributed by atoms with van der Waals surface area (Å²) < 4.78 is 5.67. The Morgan fingerprint density at radius 2 is 1.83 bits per heavy atom. The monoisotopic (exact) mass is 323 g/mol. The molecule has 1 aromatic heterocycles. The Morgan fingerprint density at radius 1 is 1.08 bits per heavy atom. The van der Waals surface area contributed by atoms with Crippen LogP contribution in [0.1, 0.15) is 12.0 Å². The molecule has 0 aliphatic carbocycles. The molecule has 3 rings (SSSR count). The van der Waals surface area contributed by atoms with Crippen molar-refractivity contribution in [2.24, 2.45) is 5.73 Å². The topological polar surface area (TPSA) is 96.7 Å². The number of rotatable bonds is 4. The molecule has 0 aliphatic rings. The lowest BCUT2D eigenvalue weighted by Crippen LogP contribution is -2.00.